The molecule has 0 unspecified atom stereocenters. The largest absolute Gasteiger partial charge is 0.398 e. The lowest BCUT2D eigenvalue weighted by Crippen LogP contribution is -2.12. The highest BCUT2D eigenvalue weighted by Gasteiger charge is 2.18. The van der Waals surface area contributed by atoms with Gasteiger partial charge in [0.15, 0.2) is 5.71 Å². The van der Waals surface area contributed by atoms with E-state index in [2.05, 4.69) is 10.1 Å². The number of nitrogens with zero attached hydrogens (tertiary/aromatic N) is 2. The Hall–Kier alpha value is -1.66. The number of thioether (sulfide) groups is 1. The molecule has 0 radical (unpaired) electrons. The molecule has 0 bridgehead atoms. The maximum absolute atomic E-state index is 12.1. The van der Waals surface area contributed by atoms with Crippen LogP contribution in [0.25, 0.3) is 0 Å². The molecular formula is C12H10N2O2S2. The highest BCUT2D eigenvalue weighted by molar-refractivity contribution is 8.15. The summed E-state index contributed by atoms with van der Waals surface area (Å²) in [5.74, 6) is 0. The Labute approximate surface area is 113 Å². The number of hydrogen-bond acceptors (Lipinski definition) is 6. The number of carbonyl (C=O) groups excluding carboxylic acids is 1. The molecule has 6 heteroatoms. The van der Waals surface area contributed by atoms with E-state index in [1.807, 2.05) is 30.3 Å². The molecule has 1 aromatic heterocycles. The smallest absolute Gasteiger partial charge is 0.249 e. The van der Waals surface area contributed by atoms with Crippen LogP contribution >= 0.6 is 23.1 Å². The van der Waals surface area contributed by atoms with Gasteiger partial charge in [0.2, 0.25) is 5.12 Å². The quantitative estimate of drug-likeness (QED) is 0.490. The molecule has 2 rings (SSSR count). The van der Waals surface area contributed by atoms with Crippen molar-refractivity contribution in [2.24, 2.45) is 5.16 Å². The van der Waals surface area contributed by atoms with Crippen LogP contribution in [0.1, 0.15) is 5.01 Å². The summed E-state index contributed by atoms with van der Waals surface area (Å²) in [4.78, 5) is 21.8. The molecule has 18 heavy (non-hydrogen) atoms. The second kappa shape index (κ2) is 6.32. The number of benzene rings is 1. The Bertz CT molecular complexity index is 538. The zero-order valence-corrected chi connectivity index (χ0v) is 11.2. The molecule has 0 aliphatic heterocycles. The summed E-state index contributed by atoms with van der Waals surface area (Å²) in [7, 11) is 1.41. The van der Waals surface area contributed by atoms with Gasteiger partial charge >= 0.3 is 0 Å². The van der Waals surface area contributed by atoms with Crippen molar-refractivity contribution < 1.29 is 9.63 Å². The van der Waals surface area contributed by atoms with Crippen molar-refractivity contribution in [3.63, 3.8) is 0 Å². The van der Waals surface area contributed by atoms with Crippen LogP contribution in [0.15, 0.2) is 52.0 Å². The Kier molecular flexibility index (Phi) is 4.49. The third-order valence-corrected chi connectivity index (χ3v) is 3.63. The molecule has 0 aliphatic rings. The van der Waals surface area contributed by atoms with E-state index in [4.69, 9.17) is 4.84 Å². The van der Waals surface area contributed by atoms with Crippen LogP contribution in [0.3, 0.4) is 0 Å². The highest BCUT2D eigenvalue weighted by atomic mass is 32.2. The Morgan fingerprint density at radius 2 is 2.17 bits per heavy atom. The van der Waals surface area contributed by atoms with Crippen LogP contribution in [0.4, 0.5) is 0 Å². The SMILES string of the molecule is CON=C(C(=O)Sc1ccccc1)c1nccs1. The van der Waals surface area contributed by atoms with Gasteiger partial charge in [-0.15, -0.1) is 11.3 Å². The van der Waals surface area contributed by atoms with Gasteiger partial charge in [-0.05, 0) is 23.9 Å². The second-order valence-electron chi connectivity index (χ2n) is 3.16. The lowest BCUT2D eigenvalue weighted by Gasteiger charge is -2.01. The first-order chi connectivity index (χ1) is 8.81. The minimum Gasteiger partial charge on any atom is -0.398 e. The number of rotatable bonds is 4. The third kappa shape index (κ3) is 3.18. The molecule has 1 heterocycles. The van der Waals surface area contributed by atoms with Gasteiger partial charge in [0.1, 0.15) is 12.1 Å². The van der Waals surface area contributed by atoms with Crippen LogP contribution in [0, 0.1) is 0 Å². The van der Waals surface area contributed by atoms with E-state index in [0.717, 1.165) is 16.7 Å². The fourth-order valence-corrected chi connectivity index (χ4v) is 2.66. The van der Waals surface area contributed by atoms with Crippen molar-refractivity contribution in [2.75, 3.05) is 7.11 Å². The molecule has 92 valence electrons. The normalized spacial score (nSPS) is 11.3. The fourth-order valence-electron chi connectivity index (χ4n) is 1.24. The average Bonchev–Trinajstić information content (AvgIpc) is 2.90. The van der Waals surface area contributed by atoms with Crippen LogP contribution in [-0.2, 0) is 9.63 Å². The molecule has 0 N–H and O–H groups in total. The maximum atomic E-state index is 12.1. The van der Waals surface area contributed by atoms with Crippen molar-refractivity contribution in [3.05, 3.63) is 46.9 Å². The maximum Gasteiger partial charge on any atom is 0.249 e. The van der Waals surface area contributed by atoms with Crippen molar-refractivity contribution in [2.45, 2.75) is 4.90 Å². The Morgan fingerprint density at radius 3 is 2.78 bits per heavy atom. The first-order valence-corrected chi connectivity index (χ1v) is 6.79. The van der Waals surface area contributed by atoms with Gasteiger partial charge in [0, 0.05) is 16.5 Å². The summed E-state index contributed by atoms with van der Waals surface area (Å²) >= 11 is 2.46. The molecule has 0 aliphatic carbocycles. The van der Waals surface area contributed by atoms with Gasteiger partial charge in [-0.25, -0.2) is 4.98 Å². The number of carbonyl (C=O) groups is 1. The minimum absolute atomic E-state index is 0.182. The van der Waals surface area contributed by atoms with E-state index >= 15 is 0 Å². The number of thiazole rings is 1. The van der Waals surface area contributed by atoms with Crippen LogP contribution in [0.2, 0.25) is 0 Å². The summed E-state index contributed by atoms with van der Waals surface area (Å²) in [5.41, 5.74) is 0.237. The van der Waals surface area contributed by atoms with Gasteiger partial charge in [-0.3, -0.25) is 4.79 Å². The van der Waals surface area contributed by atoms with Gasteiger partial charge in [0.05, 0.1) is 0 Å². The number of hydrogen-bond donors (Lipinski definition) is 0. The lowest BCUT2D eigenvalue weighted by atomic mass is 10.4. The molecule has 1 aromatic carbocycles. The van der Waals surface area contributed by atoms with Crippen LogP contribution < -0.4 is 0 Å². The molecular weight excluding hydrogens is 268 g/mol. The molecule has 4 nitrogen and oxygen atoms in total. The topological polar surface area (TPSA) is 51.5 Å². The summed E-state index contributed by atoms with van der Waals surface area (Å²) in [5, 5.41) is 5.93. The first-order valence-electron chi connectivity index (χ1n) is 5.09. The zero-order valence-electron chi connectivity index (χ0n) is 9.57. The summed E-state index contributed by atoms with van der Waals surface area (Å²) in [6.07, 6.45) is 1.63. The van der Waals surface area contributed by atoms with Gasteiger partial charge < -0.3 is 4.84 Å². The van der Waals surface area contributed by atoms with E-state index in [-0.39, 0.29) is 10.8 Å². The van der Waals surface area contributed by atoms with Crippen molar-refractivity contribution in [1.82, 2.24) is 4.98 Å². The minimum atomic E-state index is -0.182. The first kappa shape index (κ1) is 12.8. The molecule has 0 amide bonds. The third-order valence-electron chi connectivity index (χ3n) is 1.96. The molecule has 2 aromatic rings. The summed E-state index contributed by atoms with van der Waals surface area (Å²) in [6.45, 7) is 0. The standard InChI is InChI=1S/C12H10N2O2S2/c1-16-14-10(11-13-7-8-17-11)12(15)18-9-5-3-2-4-6-9/h2-8H,1H3. The van der Waals surface area contributed by atoms with E-state index < -0.39 is 0 Å². The Balaban J connectivity index is 2.18. The molecule has 0 saturated heterocycles. The predicted molar refractivity (Wildman–Crippen MR) is 73.0 cm³/mol. The lowest BCUT2D eigenvalue weighted by molar-refractivity contribution is -0.105. The summed E-state index contributed by atoms with van der Waals surface area (Å²) < 4.78 is 0. The van der Waals surface area contributed by atoms with E-state index in [9.17, 15) is 4.79 Å². The van der Waals surface area contributed by atoms with Gasteiger partial charge in [-0.2, -0.15) is 0 Å². The van der Waals surface area contributed by atoms with Crippen LogP contribution in [-0.4, -0.2) is 22.9 Å². The fraction of sp³-hybridized carbons (Fsp3) is 0.0833. The van der Waals surface area contributed by atoms with Crippen molar-refractivity contribution >= 4 is 33.9 Å². The molecule has 0 atom stereocenters. The molecule has 0 fully saturated rings. The van der Waals surface area contributed by atoms with E-state index in [1.165, 1.54) is 18.4 Å². The second-order valence-corrected chi connectivity index (χ2v) is 5.10. The van der Waals surface area contributed by atoms with Gasteiger partial charge in [0.25, 0.3) is 0 Å². The number of aromatic nitrogens is 1. The highest BCUT2D eigenvalue weighted by Crippen LogP contribution is 2.21. The van der Waals surface area contributed by atoms with Crippen molar-refractivity contribution in [1.29, 1.82) is 0 Å². The zero-order chi connectivity index (χ0) is 12.8. The van der Waals surface area contributed by atoms with E-state index in [1.54, 1.807) is 11.6 Å². The van der Waals surface area contributed by atoms with Crippen LogP contribution in [0.5, 0.6) is 0 Å². The van der Waals surface area contributed by atoms with Crippen molar-refractivity contribution in [3.8, 4) is 0 Å². The Morgan fingerprint density at radius 1 is 1.39 bits per heavy atom. The van der Waals surface area contributed by atoms with E-state index in [0.29, 0.717) is 5.01 Å². The number of oxime groups is 1. The molecule has 0 saturated carbocycles. The summed E-state index contributed by atoms with van der Waals surface area (Å²) in [6, 6.07) is 9.40. The average molecular weight is 278 g/mol. The predicted octanol–water partition coefficient (Wildman–Crippen LogP) is 2.81. The van der Waals surface area contributed by atoms with Gasteiger partial charge in [-0.1, -0.05) is 23.4 Å². The molecule has 0 spiro atoms. The monoisotopic (exact) mass is 278 g/mol.